The van der Waals surface area contributed by atoms with Crippen LogP contribution in [0.1, 0.15) is 69.7 Å². The predicted molar refractivity (Wildman–Crippen MR) is 147 cm³/mol. The van der Waals surface area contributed by atoms with Crippen molar-refractivity contribution in [3.63, 3.8) is 0 Å². The van der Waals surface area contributed by atoms with Crippen molar-refractivity contribution in [3.05, 3.63) is 23.8 Å². The second-order valence-corrected chi connectivity index (χ2v) is 11.9. The van der Waals surface area contributed by atoms with Gasteiger partial charge in [0.15, 0.2) is 0 Å². The number of piperidine rings is 2. The van der Waals surface area contributed by atoms with E-state index in [2.05, 4.69) is 10.2 Å². The second kappa shape index (κ2) is 12.4. The van der Waals surface area contributed by atoms with Crippen LogP contribution >= 0.6 is 0 Å². The highest BCUT2D eigenvalue weighted by molar-refractivity contribution is 6.07. The highest BCUT2D eigenvalue weighted by Crippen LogP contribution is 2.33. The standard InChI is InChI=1S/C29H42N4O6/c1-29(2,3)39-26(35)19-31-12-7-20(8-13-31)17-21-9-14-32(15-10-21)27(36)22-5-6-24(38-4)23(18-22)33-16-11-25(34)30-28(33)37/h5-6,18,20-21H,7-17,19H2,1-4H3,(H,30,34,37). The summed E-state index contributed by atoms with van der Waals surface area (Å²) in [6.07, 6.45) is 5.49. The average Bonchev–Trinajstić information content (AvgIpc) is 2.88. The third kappa shape index (κ3) is 7.71. The van der Waals surface area contributed by atoms with E-state index in [9.17, 15) is 19.2 Å². The molecule has 1 aromatic rings. The van der Waals surface area contributed by atoms with Crippen molar-refractivity contribution in [3.8, 4) is 5.75 Å². The second-order valence-electron chi connectivity index (χ2n) is 11.9. The number of ether oxygens (including phenoxy) is 2. The summed E-state index contributed by atoms with van der Waals surface area (Å²) < 4.78 is 10.9. The number of nitrogens with one attached hydrogen (secondary N) is 1. The average molecular weight is 543 g/mol. The lowest BCUT2D eigenvalue weighted by atomic mass is 9.82. The summed E-state index contributed by atoms with van der Waals surface area (Å²) in [5.41, 5.74) is 0.542. The fourth-order valence-corrected chi connectivity index (χ4v) is 5.79. The van der Waals surface area contributed by atoms with Crippen LogP contribution in [-0.2, 0) is 14.3 Å². The minimum absolute atomic E-state index is 0.0544. The molecule has 214 valence electrons. The number of methoxy groups -OCH3 is 1. The number of hydrogen-bond acceptors (Lipinski definition) is 7. The van der Waals surface area contributed by atoms with E-state index in [1.54, 1.807) is 18.2 Å². The molecule has 4 rings (SSSR count). The molecule has 0 atom stereocenters. The van der Waals surface area contributed by atoms with Crippen LogP contribution < -0.4 is 15.0 Å². The maximum Gasteiger partial charge on any atom is 0.328 e. The van der Waals surface area contributed by atoms with E-state index in [1.165, 1.54) is 12.0 Å². The van der Waals surface area contributed by atoms with Crippen molar-refractivity contribution in [2.45, 2.75) is 64.9 Å². The van der Waals surface area contributed by atoms with Crippen molar-refractivity contribution in [2.75, 3.05) is 51.3 Å². The summed E-state index contributed by atoms with van der Waals surface area (Å²) in [5.74, 6) is 1.21. The van der Waals surface area contributed by atoms with Gasteiger partial charge < -0.3 is 14.4 Å². The van der Waals surface area contributed by atoms with Crippen LogP contribution in [0.15, 0.2) is 18.2 Å². The molecule has 3 aliphatic rings. The lowest BCUT2D eigenvalue weighted by Gasteiger charge is -2.37. The molecule has 3 aliphatic heterocycles. The van der Waals surface area contributed by atoms with Gasteiger partial charge in [-0.3, -0.25) is 29.5 Å². The molecule has 0 unspecified atom stereocenters. The Balaban J connectivity index is 1.25. The number of nitrogens with zero attached hydrogens (tertiary/aromatic N) is 3. The molecule has 10 heteroatoms. The molecule has 1 N–H and O–H groups in total. The highest BCUT2D eigenvalue weighted by Gasteiger charge is 2.31. The first-order chi connectivity index (χ1) is 18.5. The van der Waals surface area contributed by atoms with Crippen molar-refractivity contribution in [1.29, 1.82) is 0 Å². The number of carbonyl (C=O) groups is 4. The highest BCUT2D eigenvalue weighted by atomic mass is 16.6. The summed E-state index contributed by atoms with van der Waals surface area (Å²) in [4.78, 5) is 55.0. The zero-order chi connectivity index (χ0) is 28.2. The van der Waals surface area contributed by atoms with Crippen molar-refractivity contribution in [2.24, 2.45) is 11.8 Å². The maximum absolute atomic E-state index is 13.3. The normalized spacial score (nSPS) is 20.1. The van der Waals surface area contributed by atoms with Crippen LogP contribution in [0.25, 0.3) is 0 Å². The number of esters is 1. The van der Waals surface area contributed by atoms with Crippen LogP contribution in [0, 0.1) is 11.8 Å². The fourth-order valence-electron chi connectivity index (χ4n) is 5.79. The van der Waals surface area contributed by atoms with Gasteiger partial charge in [0.1, 0.15) is 11.4 Å². The molecule has 4 amide bonds. The lowest BCUT2D eigenvalue weighted by molar-refractivity contribution is -0.156. The number of amides is 4. The number of hydrogen-bond donors (Lipinski definition) is 1. The Morgan fingerprint density at radius 2 is 1.62 bits per heavy atom. The molecule has 3 fully saturated rings. The summed E-state index contributed by atoms with van der Waals surface area (Å²) in [5, 5.41) is 2.32. The van der Waals surface area contributed by atoms with Crippen molar-refractivity contribution in [1.82, 2.24) is 15.1 Å². The van der Waals surface area contributed by atoms with E-state index in [4.69, 9.17) is 9.47 Å². The number of urea groups is 1. The molecule has 0 aliphatic carbocycles. The predicted octanol–water partition coefficient (Wildman–Crippen LogP) is 3.44. The molecule has 3 heterocycles. The first-order valence-electron chi connectivity index (χ1n) is 14.0. The Bertz CT molecular complexity index is 1070. The fraction of sp³-hybridized carbons (Fsp3) is 0.655. The van der Waals surface area contributed by atoms with Gasteiger partial charge in [-0.1, -0.05) is 0 Å². The lowest BCUT2D eigenvalue weighted by Crippen LogP contribution is -2.49. The van der Waals surface area contributed by atoms with E-state index in [0.29, 0.717) is 48.5 Å². The zero-order valence-corrected chi connectivity index (χ0v) is 23.7. The number of likely N-dealkylation sites (tertiary alicyclic amines) is 2. The Kier molecular flexibility index (Phi) is 9.15. The molecule has 3 saturated heterocycles. The minimum atomic E-state index is -0.509. The molecule has 0 spiro atoms. The molecule has 0 aromatic heterocycles. The third-order valence-corrected chi connectivity index (χ3v) is 7.82. The monoisotopic (exact) mass is 542 g/mol. The van der Waals surface area contributed by atoms with Gasteiger partial charge in [0.2, 0.25) is 5.91 Å². The van der Waals surface area contributed by atoms with Gasteiger partial charge in [-0.2, -0.15) is 0 Å². The van der Waals surface area contributed by atoms with E-state index in [-0.39, 0.29) is 30.7 Å². The van der Waals surface area contributed by atoms with E-state index < -0.39 is 11.6 Å². The Hall–Kier alpha value is -3.14. The number of rotatable bonds is 7. The molecular formula is C29H42N4O6. The number of benzene rings is 1. The first kappa shape index (κ1) is 28.9. The van der Waals surface area contributed by atoms with Crippen LogP contribution in [0.2, 0.25) is 0 Å². The summed E-state index contributed by atoms with van der Waals surface area (Å²) >= 11 is 0. The molecule has 39 heavy (non-hydrogen) atoms. The maximum atomic E-state index is 13.3. The van der Waals surface area contributed by atoms with Gasteiger partial charge >= 0.3 is 12.0 Å². The summed E-state index contributed by atoms with van der Waals surface area (Å²) in [6, 6.07) is 4.61. The SMILES string of the molecule is COc1ccc(C(=O)N2CCC(CC3CCN(CC(=O)OC(C)(C)C)CC3)CC2)cc1N1CCC(=O)NC1=O. The smallest absolute Gasteiger partial charge is 0.328 e. The Morgan fingerprint density at radius 1 is 0.974 bits per heavy atom. The van der Waals surface area contributed by atoms with Crippen LogP contribution in [0.4, 0.5) is 10.5 Å². The molecule has 10 nitrogen and oxygen atoms in total. The molecule has 0 radical (unpaired) electrons. The molecule has 1 aromatic carbocycles. The quantitative estimate of drug-likeness (QED) is 0.526. The third-order valence-electron chi connectivity index (χ3n) is 7.82. The van der Waals surface area contributed by atoms with Crippen molar-refractivity contribution >= 4 is 29.5 Å². The molecule has 0 saturated carbocycles. The number of imide groups is 1. The van der Waals surface area contributed by atoms with Gasteiger partial charge in [-0.15, -0.1) is 0 Å². The number of carbonyl (C=O) groups excluding carboxylic acids is 4. The Labute approximate surface area is 231 Å². The largest absolute Gasteiger partial charge is 0.495 e. The topological polar surface area (TPSA) is 108 Å². The van der Waals surface area contributed by atoms with Crippen LogP contribution in [-0.4, -0.2) is 85.6 Å². The van der Waals surface area contributed by atoms with Gasteiger partial charge in [-0.05, 0) is 96.0 Å². The van der Waals surface area contributed by atoms with E-state index >= 15 is 0 Å². The van der Waals surface area contributed by atoms with Gasteiger partial charge in [-0.25, -0.2) is 4.79 Å². The van der Waals surface area contributed by atoms with Gasteiger partial charge in [0, 0.05) is 31.6 Å². The van der Waals surface area contributed by atoms with Crippen molar-refractivity contribution < 1.29 is 28.7 Å². The molecule has 0 bridgehead atoms. The van der Waals surface area contributed by atoms with E-state index in [1.807, 2.05) is 25.7 Å². The first-order valence-corrected chi connectivity index (χ1v) is 14.0. The van der Waals surface area contributed by atoms with Gasteiger partial charge in [0.25, 0.3) is 5.91 Å². The van der Waals surface area contributed by atoms with Gasteiger partial charge in [0.05, 0.1) is 19.3 Å². The molecular weight excluding hydrogens is 500 g/mol. The van der Waals surface area contributed by atoms with E-state index in [0.717, 1.165) is 45.2 Å². The zero-order valence-electron chi connectivity index (χ0n) is 23.7. The summed E-state index contributed by atoms with van der Waals surface area (Å²) in [6.45, 7) is 9.54. The minimum Gasteiger partial charge on any atom is -0.495 e. The van der Waals surface area contributed by atoms with Crippen LogP contribution in [0.5, 0.6) is 5.75 Å². The van der Waals surface area contributed by atoms with Crippen LogP contribution in [0.3, 0.4) is 0 Å². The summed E-state index contributed by atoms with van der Waals surface area (Å²) in [7, 11) is 1.52. The Morgan fingerprint density at radius 3 is 2.21 bits per heavy atom. The number of anilines is 1.